The minimum Gasteiger partial charge on any atom is -0.351 e. The number of rotatable bonds is 4. The van der Waals surface area contributed by atoms with Gasteiger partial charge in [0.15, 0.2) is 0 Å². The molecule has 1 unspecified atom stereocenters. The largest absolute Gasteiger partial charge is 0.351 e. The van der Waals surface area contributed by atoms with Crippen molar-refractivity contribution in [2.24, 2.45) is 0 Å². The van der Waals surface area contributed by atoms with Crippen LogP contribution in [0.1, 0.15) is 10.4 Å². The summed E-state index contributed by atoms with van der Waals surface area (Å²) in [6, 6.07) is 11.5. The first-order valence-corrected chi connectivity index (χ1v) is 8.36. The number of hydrogen-bond acceptors (Lipinski definition) is 2. The smallest absolute Gasteiger partial charge is 0.251 e. The van der Waals surface area contributed by atoms with Gasteiger partial charge >= 0.3 is 0 Å². The molecule has 2 aromatic rings. The zero-order valence-corrected chi connectivity index (χ0v) is 12.9. The summed E-state index contributed by atoms with van der Waals surface area (Å²) in [6.07, 6.45) is 1.63. The Morgan fingerprint density at radius 3 is 2.63 bits per heavy atom. The molecule has 0 saturated heterocycles. The lowest BCUT2D eigenvalue weighted by Gasteiger charge is -2.06. The van der Waals surface area contributed by atoms with Gasteiger partial charge in [0.1, 0.15) is 0 Å². The second kappa shape index (κ2) is 6.30. The van der Waals surface area contributed by atoms with Crippen LogP contribution in [0.5, 0.6) is 0 Å². The summed E-state index contributed by atoms with van der Waals surface area (Å²) in [5.41, 5.74) is 0.622. The van der Waals surface area contributed by atoms with Crippen LogP contribution in [0.3, 0.4) is 0 Å². The van der Waals surface area contributed by atoms with Crippen molar-refractivity contribution < 1.29 is 9.00 Å². The van der Waals surface area contributed by atoms with Gasteiger partial charge in [0.05, 0.1) is 0 Å². The highest BCUT2D eigenvalue weighted by Gasteiger charge is 2.06. The predicted octanol–water partition coefficient (Wildman–Crippen LogP) is 2.71. The lowest BCUT2D eigenvalue weighted by Crippen LogP contribution is -2.27. The minimum absolute atomic E-state index is 0.129. The Morgan fingerprint density at radius 2 is 1.89 bits per heavy atom. The van der Waals surface area contributed by atoms with Gasteiger partial charge < -0.3 is 5.32 Å². The highest BCUT2D eigenvalue weighted by Crippen LogP contribution is 2.20. The molecule has 19 heavy (non-hydrogen) atoms. The molecule has 0 aromatic heterocycles. The monoisotopic (exact) mass is 339 g/mol. The lowest BCUT2D eigenvalue weighted by atomic mass is 10.1. The molecule has 1 N–H and O–H groups in total. The summed E-state index contributed by atoms with van der Waals surface area (Å²) in [5, 5.41) is 4.87. The Hall–Kier alpha value is -1.20. The van der Waals surface area contributed by atoms with Crippen LogP contribution >= 0.6 is 15.9 Å². The number of benzene rings is 2. The molecule has 1 atom stereocenters. The van der Waals surface area contributed by atoms with Crippen LogP contribution in [0.25, 0.3) is 10.8 Å². The van der Waals surface area contributed by atoms with E-state index >= 15 is 0 Å². The maximum absolute atomic E-state index is 11.9. The SMILES string of the molecule is CS(=O)CCNC(=O)c1ccc2cc(Br)ccc2c1. The molecule has 0 aliphatic heterocycles. The molecule has 2 aromatic carbocycles. The first kappa shape index (κ1) is 14.2. The summed E-state index contributed by atoms with van der Waals surface area (Å²) in [7, 11) is -0.883. The highest BCUT2D eigenvalue weighted by atomic mass is 79.9. The number of fused-ring (bicyclic) bond motifs is 1. The number of hydrogen-bond donors (Lipinski definition) is 1. The van der Waals surface area contributed by atoms with Crippen LogP contribution in [-0.2, 0) is 10.8 Å². The Kier molecular flexibility index (Phi) is 4.71. The van der Waals surface area contributed by atoms with Gasteiger partial charge in [-0.1, -0.05) is 28.1 Å². The highest BCUT2D eigenvalue weighted by molar-refractivity contribution is 9.10. The molecule has 5 heteroatoms. The summed E-state index contributed by atoms with van der Waals surface area (Å²) in [5.74, 6) is 0.349. The van der Waals surface area contributed by atoms with E-state index in [1.807, 2.05) is 30.3 Å². The van der Waals surface area contributed by atoms with E-state index < -0.39 is 10.8 Å². The second-order valence-electron chi connectivity index (χ2n) is 4.24. The summed E-state index contributed by atoms with van der Waals surface area (Å²) >= 11 is 3.42. The van der Waals surface area contributed by atoms with Crippen molar-refractivity contribution in [1.29, 1.82) is 0 Å². The molecule has 0 heterocycles. The first-order valence-electron chi connectivity index (χ1n) is 5.84. The van der Waals surface area contributed by atoms with E-state index in [0.29, 0.717) is 17.9 Å². The third kappa shape index (κ3) is 3.88. The Labute approximate surface area is 123 Å². The Bertz CT molecular complexity index is 642. The van der Waals surface area contributed by atoms with Crippen molar-refractivity contribution in [2.45, 2.75) is 0 Å². The van der Waals surface area contributed by atoms with Gasteiger partial charge in [-0.2, -0.15) is 0 Å². The molecular weight excluding hydrogens is 326 g/mol. The van der Waals surface area contributed by atoms with Gasteiger partial charge in [0.25, 0.3) is 5.91 Å². The molecule has 0 aliphatic carbocycles. The maximum Gasteiger partial charge on any atom is 0.251 e. The fraction of sp³-hybridized carbons (Fsp3) is 0.214. The Morgan fingerprint density at radius 1 is 1.21 bits per heavy atom. The molecule has 100 valence electrons. The fourth-order valence-electron chi connectivity index (χ4n) is 1.77. The molecule has 0 spiro atoms. The summed E-state index contributed by atoms with van der Waals surface area (Å²) < 4.78 is 11.9. The number of carbonyl (C=O) groups excluding carboxylic acids is 1. The lowest BCUT2D eigenvalue weighted by molar-refractivity contribution is 0.0956. The third-order valence-electron chi connectivity index (χ3n) is 2.74. The van der Waals surface area contributed by atoms with E-state index in [9.17, 15) is 9.00 Å². The van der Waals surface area contributed by atoms with Crippen LogP contribution in [0.2, 0.25) is 0 Å². The molecule has 0 bridgehead atoms. The van der Waals surface area contributed by atoms with Gasteiger partial charge in [0, 0.05) is 39.4 Å². The van der Waals surface area contributed by atoms with E-state index in [1.165, 1.54) is 0 Å². The predicted molar refractivity (Wildman–Crippen MR) is 82.9 cm³/mol. The average molecular weight is 340 g/mol. The second-order valence-corrected chi connectivity index (χ2v) is 6.71. The van der Waals surface area contributed by atoms with Crippen molar-refractivity contribution in [2.75, 3.05) is 18.6 Å². The van der Waals surface area contributed by atoms with Crippen molar-refractivity contribution in [3.63, 3.8) is 0 Å². The van der Waals surface area contributed by atoms with Gasteiger partial charge in [-0.25, -0.2) is 0 Å². The number of halogens is 1. The van der Waals surface area contributed by atoms with Gasteiger partial charge in [-0.05, 0) is 35.0 Å². The molecule has 0 fully saturated rings. The van der Waals surface area contributed by atoms with Crippen molar-refractivity contribution in [1.82, 2.24) is 5.32 Å². The molecular formula is C14H14BrNO2S. The van der Waals surface area contributed by atoms with E-state index in [0.717, 1.165) is 15.2 Å². The van der Waals surface area contributed by atoms with Crippen LogP contribution < -0.4 is 5.32 Å². The summed E-state index contributed by atoms with van der Waals surface area (Å²) in [4.78, 5) is 11.9. The van der Waals surface area contributed by atoms with Gasteiger partial charge in [-0.3, -0.25) is 9.00 Å². The van der Waals surface area contributed by atoms with E-state index in [1.54, 1.807) is 12.3 Å². The van der Waals surface area contributed by atoms with E-state index in [-0.39, 0.29) is 5.91 Å². The molecule has 0 saturated carbocycles. The van der Waals surface area contributed by atoms with Crippen LogP contribution in [0.4, 0.5) is 0 Å². The summed E-state index contributed by atoms with van der Waals surface area (Å²) in [6.45, 7) is 0.431. The van der Waals surface area contributed by atoms with Crippen LogP contribution in [-0.4, -0.2) is 28.7 Å². The zero-order chi connectivity index (χ0) is 13.8. The molecule has 3 nitrogen and oxygen atoms in total. The van der Waals surface area contributed by atoms with Crippen molar-refractivity contribution >= 4 is 43.4 Å². The normalized spacial score (nSPS) is 12.3. The maximum atomic E-state index is 11.9. The topological polar surface area (TPSA) is 46.2 Å². The molecule has 0 radical (unpaired) electrons. The van der Waals surface area contributed by atoms with Crippen molar-refractivity contribution in [3.05, 3.63) is 46.4 Å². The fourth-order valence-corrected chi connectivity index (χ4v) is 2.54. The number of carbonyl (C=O) groups is 1. The third-order valence-corrected chi connectivity index (χ3v) is 4.01. The van der Waals surface area contributed by atoms with Gasteiger partial charge in [0.2, 0.25) is 0 Å². The number of nitrogens with one attached hydrogen (secondary N) is 1. The molecule has 1 amide bonds. The molecule has 0 aliphatic rings. The zero-order valence-electron chi connectivity index (χ0n) is 10.5. The van der Waals surface area contributed by atoms with E-state index in [2.05, 4.69) is 21.2 Å². The quantitative estimate of drug-likeness (QED) is 0.930. The standard InChI is InChI=1S/C14H14BrNO2S/c1-19(18)7-6-16-14(17)12-3-2-11-9-13(15)5-4-10(11)8-12/h2-5,8-9H,6-7H2,1H3,(H,16,17). The Balaban J connectivity index is 2.14. The van der Waals surface area contributed by atoms with Crippen molar-refractivity contribution in [3.8, 4) is 0 Å². The molecule has 2 rings (SSSR count). The average Bonchev–Trinajstić information content (AvgIpc) is 2.37. The van der Waals surface area contributed by atoms with Crippen LogP contribution in [0, 0.1) is 0 Å². The first-order chi connectivity index (χ1) is 9.06. The van der Waals surface area contributed by atoms with E-state index in [4.69, 9.17) is 0 Å². The van der Waals surface area contributed by atoms with Crippen LogP contribution in [0.15, 0.2) is 40.9 Å². The van der Waals surface area contributed by atoms with Gasteiger partial charge in [-0.15, -0.1) is 0 Å². The minimum atomic E-state index is -0.883. The number of amides is 1.